The van der Waals surface area contributed by atoms with Gasteiger partial charge in [-0.05, 0) is 29.8 Å². The van der Waals surface area contributed by atoms with Crippen LogP contribution in [-0.4, -0.2) is 15.0 Å². The lowest BCUT2D eigenvalue weighted by molar-refractivity contribution is 1.03. The van der Waals surface area contributed by atoms with Crippen LogP contribution in [0, 0.1) is 0 Å². The number of hydrogen-bond acceptors (Lipinski definition) is 5. The maximum absolute atomic E-state index is 6.00. The minimum atomic E-state index is 0.614. The van der Waals surface area contributed by atoms with Crippen LogP contribution in [0.4, 0.5) is 5.82 Å². The molecular weight excluding hydrogens is 340 g/mol. The second-order valence-electron chi connectivity index (χ2n) is 5.23. The lowest BCUT2D eigenvalue weighted by Gasteiger charge is -2.08. The van der Waals surface area contributed by atoms with Gasteiger partial charge in [0.05, 0.1) is 17.6 Å². The van der Waals surface area contributed by atoms with Crippen molar-refractivity contribution in [2.24, 2.45) is 0 Å². The largest absolute Gasteiger partial charge is 0.364 e. The van der Waals surface area contributed by atoms with Crippen LogP contribution in [0.1, 0.15) is 5.69 Å². The molecular formula is C18H13ClN4S. The van der Waals surface area contributed by atoms with E-state index in [0.717, 1.165) is 37.9 Å². The van der Waals surface area contributed by atoms with E-state index in [1.807, 2.05) is 42.5 Å². The molecule has 4 nitrogen and oxygen atoms in total. The molecule has 0 unspecified atom stereocenters. The van der Waals surface area contributed by atoms with Crippen LogP contribution in [0.3, 0.4) is 0 Å². The molecule has 6 heteroatoms. The maximum Gasteiger partial charge on any atom is 0.139 e. The predicted octanol–water partition coefficient (Wildman–Crippen LogP) is 5.02. The zero-order chi connectivity index (χ0) is 16.4. The molecule has 118 valence electrons. The van der Waals surface area contributed by atoms with Gasteiger partial charge in [-0.2, -0.15) is 0 Å². The summed E-state index contributed by atoms with van der Waals surface area (Å²) in [7, 11) is 0. The number of benzene rings is 1. The number of aromatic nitrogens is 3. The van der Waals surface area contributed by atoms with Crippen molar-refractivity contribution in [3.05, 3.63) is 71.1 Å². The van der Waals surface area contributed by atoms with Gasteiger partial charge in [0.1, 0.15) is 17.0 Å². The molecule has 0 aliphatic carbocycles. The van der Waals surface area contributed by atoms with Crippen LogP contribution in [0.15, 0.2) is 60.4 Å². The van der Waals surface area contributed by atoms with Gasteiger partial charge in [0, 0.05) is 22.2 Å². The minimum Gasteiger partial charge on any atom is -0.364 e. The zero-order valence-electron chi connectivity index (χ0n) is 12.6. The van der Waals surface area contributed by atoms with Gasteiger partial charge >= 0.3 is 0 Å². The summed E-state index contributed by atoms with van der Waals surface area (Å²) in [5, 5.41) is 7.24. The second kappa shape index (κ2) is 6.55. The number of pyridine rings is 1. The highest BCUT2D eigenvalue weighted by molar-refractivity contribution is 7.17. The summed E-state index contributed by atoms with van der Waals surface area (Å²) in [5.74, 6) is 0.817. The van der Waals surface area contributed by atoms with Crippen molar-refractivity contribution in [3.8, 4) is 11.1 Å². The number of thiophene rings is 1. The molecule has 3 heterocycles. The van der Waals surface area contributed by atoms with E-state index in [0.29, 0.717) is 6.54 Å². The van der Waals surface area contributed by atoms with Crippen LogP contribution >= 0.6 is 22.9 Å². The summed E-state index contributed by atoms with van der Waals surface area (Å²) in [6, 6.07) is 13.7. The molecule has 1 aromatic carbocycles. The van der Waals surface area contributed by atoms with Crippen molar-refractivity contribution in [3.63, 3.8) is 0 Å². The molecule has 1 N–H and O–H groups in total. The van der Waals surface area contributed by atoms with Crippen LogP contribution in [0.25, 0.3) is 21.3 Å². The Kier molecular flexibility index (Phi) is 4.11. The Bertz CT molecular complexity index is 967. The van der Waals surface area contributed by atoms with Crippen LogP contribution in [0.5, 0.6) is 0 Å². The predicted molar refractivity (Wildman–Crippen MR) is 99.4 cm³/mol. The lowest BCUT2D eigenvalue weighted by atomic mass is 10.1. The van der Waals surface area contributed by atoms with Crippen molar-refractivity contribution in [1.29, 1.82) is 0 Å². The first-order valence-corrected chi connectivity index (χ1v) is 8.69. The highest BCUT2D eigenvalue weighted by atomic mass is 35.5. The van der Waals surface area contributed by atoms with Crippen molar-refractivity contribution < 1.29 is 0 Å². The fourth-order valence-corrected chi connectivity index (χ4v) is 3.57. The maximum atomic E-state index is 6.00. The molecule has 0 fully saturated rings. The minimum absolute atomic E-state index is 0.614. The Morgan fingerprint density at radius 1 is 1.00 bits per heavy atom. The number of nitrogens with one attached hydrogen (secondary N) is 1. The molecule has 0 bridgehead atoms. The molecule has 0 aliphatic heterocycles. The summed E-state index contributed by atoms with van der Waals surface area (Å²) in [6.45, 7) is 0.614. The van der Waals surface area contributed by atoms with Gasteiger partial charge in [-0.25, -0.2) is 9.97 Å². The number of rotatable bonds is 4. The highest BCUT2D eigenvalue weighted by Gasteiger charge is 2.13. The number of nitrogens with zero attached hydrogens (tertiary/aromatic N) is 3. The third kappa shape index (κ3) is 2.96. The average molecular weight is 353 g/mol. The Morgan fingerprint density at radius 3 is 2.67 bits per heavy atom. The summed E-state index contributed by atoms with van der Waals surface area (Å²) in [4.78, 5) is 14.1. The van der Waals surface area contributed by atoms with Gasteiger partial charge < -0.3 is 5.32 Å². The lowest BCUT2D eigenvalue weighted by Crippen LogP contribution is -2.03. The van der Waals surface area contributed by atoms with Crippen molar-refractivity contribution in [2.45, 2.75) is 6.54 Å². The molecule has 0 radical (unpaired) electrons. The average Bonchev–Trinajstić information content (AvgIpc) is 3.06. The fraction of sp³-hybridized carbons (Fsp3) is 0.0556. The quantitative estimate of drug-likeness (QED) is 0.560. The molecule has 4 aromatic rings. The van der Waals surface area contributed by atoms with E-state index < -0.39 is 0 Å². The standard InChI is InChI=1S/C18H13ClN4S/c19-13-6-4-12(5-7-13)15-10-24-18-16(15)17(22-11-23-18)21-9-14-3-1-2-8-20-14/h1-8,10-11H,9H2,(H,21,22,23). The Hall–Kier alpha value is -2.50. The van der Waals surface area contributed by atoms with Gasteiger partial charge in [0.25, 0.3) is 0 Å². The first-order valence-electron chi connectivity index (χ1n) is 7.43. The number of anilines is 1. The molecule has 0 amide bonds. The third-order valence-corrected chi connectivity index (χ3v) is 4.83. The highest BCUT2D eigenvalue weighted by Crippen LogP contribution is 2.36. The van der Waals surface area contributed by atoms with E-state index in [1.165, 1.54) is 0 Å². The monoisotopic (exact) mass is 352 g/mol. The van der Waals surface area contributed by atoms with Crippen molar-refractivity contribution >= 4 is 39.0 Å². The molecule has 4 rings (SSSR count). The Balaban J connectivity index is 1.73. The third-order valence-electron chi connectivity index (χ3n) is 3.69. The molecule has 0 saturated carbocycles. The molecule has 0 spiro atoms. The molecule has 0 atom stereocenters. The number of fused-ring (bicyclic) bond motifs is 1. The fourth-order valence-electron chi connectivity index (χ4n) is 2.53. The van der Waals surface area contributed by atoms with Gasteiger partial charge in [-0.15, -0.1) is 11.3 Å². The Morgan fingerprint density at radius 2 is 1.88 bits per heavy atom. The summed E-state index contributed by atoms with van der Waals surface area (Å²) < 4.78 is 0. The van der Waals surface area contributed by atoms with Gasteiger partial charge in [0.15, 0.2) is 0 Å². The molecule has 0 saturated heterocycles. The van der Waals surface area contributed by atoms with Crippen LogP contribution in [0.2, 0.25) is 5.02 Å². The number of halogens is 1. The van der Waals surface area contributed by atoms with E-state index in [1.54, 1.807) is 23.9 Å². The van der Waals surface area contributed by atoms with E-state index in [2.05, 4.69) is 25.6 Å². The van der Waals surface area contributed by atoms with E-state index in [9.17, 15) is 0 Å². The van der Waals surface area contributed by atoms with Crippen molar-refractivity contribution in [1.82, 2.24) is 15.0 Å². The van der Waals surface area contributed by atoms with E-state index in [4.69, 9.17) is 11.6 Å². The molecule has 24 heavy (non-hydrogen) atoms. The van der Waals surface area contributed by atoms with Crippen molar-refractivity contribution in [2.75, 3.05) is 5.32 Å². The van der Waals surface area contributed by atoms with E-state index in [-0.39, 0.29) is 0 Å². The first-order chi connectivity index (χ1) is 11.8. The summed E-state index contributed by atoms with van der Waals surface area (Å²) >= 11 is 7.61. The summed E-state index contributed by atoms with van der Waals surface area (Å²) in [6.07, 6.45) is 3.38. The van der Waals surface area contributed by atoms with Gasteiger partial charge in [0.2, 0.25) is 0 Å². The Labute approximate surface area is 148 Å². The topological polar surface area (TPSA) is 50.7 Å². The second-order valence-corrected chi connectivity index (χ2v) is 6.53. The summed E-state index contributed by atoms with van der Waals surface area (Å²) in [5.41, 5.74) is 3.17. The number of hydrogen-bond donors (Lipinski definition) is 1. The first kappa shape index (κ1) is 15.1. The van der Waals surface area contributed by atoms with Gasteiger partial charge in [-0.3, -0.25) is 4.98 Å². The van der Waals surface area contributed by atoms with Crippen LogP contribution < -0.4 is 5.32 Å². The van der Waals surface area contributed by atoms with Gasteiger partial charge in [-0.1, -0.05) is 29.8 Å². The zero-order valence-corrected chi connectivity index (χ0v) is 14.2. The molecule has 0 aliphatic rings. The smallest absolute Gasteiger partial charge is 0.139 e. The molecule has 3 aromatic heterocycles. The van der Waals surface area contributed by atoms with Crippen LogP contribution in [-0.2, 0) is 6.54 Å². The van der Waals surface area contributed by atoms with E-state index >= 15 is 0 Å². The normalized spacial score (nSPS) is 10.9. The SMILES string of the molecule is Clc1ccc(-c2csc3ncnc(NCc4ccccn4)c23)cc1.